The summed E-state index contributed by atoms with van der Waals surface area (Å²) in [6.45, 7) is 1.26. The van der Waals surface area contributed by atoms with Gasteiger partial charge < -0.3 is 5.73 Å². The van der Waals surface area contributed by atoms with Crippen molar-refractivity contribution in [2.45, 2.75) is 25.8 Å². The molecule has 0 unspecified atom stereocenters. The molecule has 0 fully saturated rings. The van der Waals surface area contributed by atoms with Gasteiger partial charge in [-0.1, -0.05) is 11.6 Å². The van der Waals surface area contributed by atoms with E-state index in [0.717, 1.165) is 19.3 Å². The zero-order chi connectivity index (χ0) is 12.3. The summed E-state index contributed by atoms with van der Waals surface area (Å²) in [6, 6.07) is 0. The summed E-state index contributed by atoms with van der Waals surface area (Å²) >= 11 is 0. The van der Waals surface area contributed by atoms with E-state index in [9.17, 15) is 4.79 Å². The molecular weight excluding hydrogens is 220 g/mol. The number of unbranched alkanes of at least 4 members (excludes halogenated alkanes) is 2. The predicted molar refractivity (Wildman–Crippen MR) is 63.5 cm³/mol. The average molecular weight is 236 g/mol. The SMILES string of the molecule is Cn1ncc2c(=O)n(CCCCCN)nnc21. The fourth-order valence-electron chi connectivity index (χ4n) is 1.71. The minimum Gasteiger partial charge on any atom is -0.330 e. The zero-order valence-electron chi connectivity index (χ0n) is 9.83. The number of aryl methyl sites for hydroxylation is 2. The van der Waals surface area contributed by atoms with Crippen molar-refractivity contribution in [1.82, 2.24) is 24.8 Å². The van der Waals surface area contributed by atoms with Crippen molar-refractivity contribution in [2.24, 2.45) is 12.8 Å². The lowest BCUT2D eigenvalue weighted by atomic mass is 10.2. The fraction of sp³-hybridized carbons (Fsp3) is 0.600. The highest BCUT2D eigenvalue weighted by molar-refractivity contribution is 5.72. The maximum atomic E-state index is 12.0. The molecule has 0 aliphatic carbocycles. The Morgan fingerprint density at radius 1 is 1.35 bits per heavy atom. The molecule has 2 heterocycles. The second-order valence-electron chi connectivity index (χ2n) is 3.97. The van der Waals surface area contributed by atoms with Crippen LogP contribution in [0.2, 0.25) is 0 Å². The number of aromatic nitrogens is 5. The van der Waals surface area contributed by atoms with Gasteiger partial charge >= 0.3 is 0 Å². The van der Waals surface area contributed by atoms with Gasteiger partial charge in [-0.15, -0.1) is 5.10 Å². The van der Waals surface area contributed by atoms with Gasteiger partial charge in [0.25, 0.3) is 5.56 Å². The van der Waals surface area contributed by atoms with Gasteiger partial charge in [0.05, 0.1) is 6.20 Å². The average Bonchev–Trinajstić information content (AvgIpc) is 2.70. The molecule has 0 saturated heterocycles. The Morgan fingerprint density at radius 3 is 2.94 bits per heavy atom. The van der Waals surface area contributed by atoms with Crippen LogP contribution in [0.3, 0.4) is 0 Å². The van der Waals surface area contributed by atoms with E-state index in [4.69, 9.17) is 5.73 Å². The maximum absolute atomic E-state index is 12.0. The van der Waals surface area contributed by atoms with Crippen LogP contribution < -0.4 is 11.3 Å². The largest absolute Gasteiger partial charge is 0.330 e. The summed E-state index contributed by atoms with van der Waals surface area (Å²) in [6.07, 6.45) is 4.38. The lowest BCUT2D eigenvalue weighted by Crippen LogP contribution is -2.24. The van der Waals surface area contributed by atoms with Gasteiger partial charge in [0.1, 0.15) is 5.39 Å². The van der Waals surface area contributed by atoms with E-state index in [1.807, 2.05) is 0 Å². The summed E-state index contributed by atoms with van der Waals surface area (Å²) in [4.78, 5) is 12.0. The molecule has 2 rings (SSSR count). The Balaban J connectivity index is 2.18. The molecule has 7 heteroatoms. The molecule has 2 aromatic rings. The first kappa shape index (κ1) is 11.7. The van der Waals surface area contributed by atoms with E-state index < -0.39 is 0 Å². The minimum atomic E-state index is -0.129. The first-order valence-corrected chi connectivity index (χ1v) is 5.69. The van der Waals surface area contributed by atoms with E-state index in [1.165, 1.54) is 10.9 Å². The summed E-state index contributed by atoms with van der Waals surface area (Å²) in [5, 5.41) is 12.4. The first-order chi connectivity index (χ1) is 8.24. The van der Waals surface area contributed by atoms with Gasteiger partial charge in [0, 0.05) is 13.6 Å². The molecule has 0 aromatic carbocycles. The van der Waals surface area contributed by atoms with Crippen molar-refractivity contribution in [1.29, 1.82) is 0 Å². The molecule has 0 aliphatic heterocycles. The Bertz CT molecular complexity index is 557. The molecule has 0 spiro atoms. The number of rotatable bonds is 5. The van der Waals surface area contributed by atoms with Crippen molar-refractivity contribution in [3.8, 4) is 0 Å². The molecule has 0 bridgehead atoms. The second kappa shape index (κ2) is 5.05. The normalized spacial score (nSPS) is 11.2. The van der Waals surface area contributed by atoms with Crippen LogP contribution in [-0.2, 0) is 13.6 Å². The van der Waals surface area contributed by atoms with Gasteiger partial charge in [-0.2, -0.15) is 5.10 Å². The fourth-order valence-corrected chi connectivity index (χ4v) is 1.71. The summed E-state index contributed by atoms with van der Waals surface area (Å²) in [5.41, 5.74) is 5.80. The number of fused-ring (bicyclic) bond motifs is 1. The minimum absolute atomic E-state index is 0.129. The lowest BCUT2D eigenvalue weighted by Gasteiger charge is -2.02. The van der Waals surface area contributed by atoms with Crippen molar-refractivity contribution in [2.75, 3.05) is 6.54 Å². The Morgan fingerprint density at radius 2 is 2.18 bits per heavy atom. The first-order valence-electron chi connectivity index (χ1n) is 5.69. The number of nitrogens with zero attached hydrogens (tertiary/aromatic N) is 5. The van der Waals surface area contributed by atoms with Gasteiger partial charge in [-0.25, -0.2) is 9.36 Å². The van der Waals surface area contributed by atoms with Gasteiger partial charge in [0.2, 0.25) is 0 Å². The third kappa shape index (κ3) is 2.33. The van der Waals surface area contributed by atoms with E-state index in [1.54, 1.807) is 11.7 Å². The van der Waals surface area contributed by atoms with Crippen molar-refractivity contribution in [3.63, 3.8) is 0 Å². The molecule has 0 aliphatic rings. The Hall–Kier alpha value is -1.76. The highest BCUT2D eigenvalue weighted by atomic mass is 16.1. The van der Waals surface area contributed by atoms with Gasteiger partial charge in [-0.05, 0) is 19.4 Å². The van der Waals surface area contributed by atoms with Crippen LogP contribution in [0, 0.1) is 0 Å². The van der Waals surface area contributed by atoms with E-state index in [2.05, 4.69) is 15.4 Å². The highest BCUT2D eigenvalue weighted by Crippen LogP contribution is 2.02. The molecule has 0 amide bonds. The van der Waals surface area contributed by atoms with Crippen LogP contribution in [0.5, 0.6) is 0 Å². The van der Waals surface area contributed by atoms with Gasteiger partial charge in [-0.3, -0.25) is 4.79 Å². The quantitative estimate of drug-likeness (QED) is 0.717. The number of hydrogen-bond donors (Lipinski definition) is 1. The highest BCUT2D eigenvalue weighted by Gasteiger charge is 2.08. The molecular formula is C10H16N6O. The molecule has 2 N–H and O–H groups in total. The van der Waals surface area contributed by atoms with Crippen LogP contribution >= 0.6 is 0 Å². The molecule has 92 valence electrons. The Kier molecular flexibility index (Phi) is 3.48. The van der Waals surface area contributed by atoms with Crippen LogP contribution in [0.4, 0.5) is 0 Å². The molecule has 7 nitrogen and oxygen atoms in total. The monoisotopic (exact) mass is 236 g/mol. The zero-order valence-corrected chi connectivity index (χ0v) is 9.83. The summed E-state index contributed by atoms with van der Waals surface area (Å²) in [7, 11) is 1.74. The van der Waals surface area contributed by atoms with E-state index in [0.29, 0.717) is 24.1 Å². The third-order valence-corrected chi connectivity index (χ3v) is 2.69. The summed E-state index contributed by atoms with van der Waals surface area (Å²) in [5.74, 6) is 0. The van der Waals surface area contributed by atoms with E-state index >= 15 is 0 Å². The summed E-state index contributed by atoms with van der Waals surface area (Å²) < 4.78 is 2.93. The van der Waals surface area contributed by atoms with Crippen LogP contribution in [0.1, 0.15) is 19.3 Å². The predicted octanol–water partition coefficient (Wildman–Crippen LogP) is -0.346. The third-order valence-electron chi connectivity index (χ3n) is 2.69. The van der Waals surface area contributed by atoms with Gasteiger partial charge in [0.15, 0.2) is 5.65 Å². The standard InChI is InChI=1S/C10H16N6O/c1-15-9-8(7-12-15)10(17)16(14-13-9)6-4-2-3-5-11/h7H,2-6,11H2,1H3. The molecule has 0 saturated carbocycles. The van der Waals surface area contributed by atoms with Crippen molar-refractivity contribution >= 4 is 11.0 Å². The molecule has 0 atom stereocenters. The van der Waals surface area contributed by atoms with Crippen LogP contribution in [0.15, 0.2) is 11.0 Å². The number of hydrogen-bond acceptors (Lipinski definition) is 5. The Labute approximate surface area is 98.2 Å². The molecule has 0 radical (unpaired) electrons. The molecule has 17 heavy (non-hydrogen) atoms. The van der Waals surface area contributed by atoms with Crippen molar-refractivity contribution in [3.05, 3.63) is 16.6 Å². The van der Waals surface area contributed by atoms with E-state index in [-0.39, 0.29) is 5.56 Å². The number of nitrogens with two attached hydrogens (primary N) is 1. The lowest BCUT2D eigenvalue weighted by molar-refractivity contribution is 0.503. The second-order valence-corrected chi connectivity index (χ2v) is 3.97. The maximum Gasteiger partial charge on any atom is 0.280 e. The van der Waals surface area contributed by atoms with Crippen LogP contribution in [-0.4, -0.2) is 31.3 Å². The van der Waals surface area contributed by atoms with Crippen LogP contribution in [0.25, 0.3) is 11.0 Å². The van der Waals surface area contributed by atoms with Crippen molar-refractivity contribution < 1.29 is 0 Å². The molecule has 2 aromatic heterocycles. The smallest absolute Gasteiger partial charge is 0.280 e. The topological polar surface area (TPSA) is 91.6 Å².